The fraction of sp³-hybridized carbons (Fsp3) is 0.500. The highest BCUT2D eigenvalue weighted by Crippen LogP contribution is 2.23. The zero-order valence-electron chi connectivity index (χ0n) is 13.4. The van der Waals surface area contributed by atoms with Crippen molar-refractivity contribution in [2.75, 3.05) is 0 Å². The van der Waals surface area contributed by atoms with Crippen LogP contribution in [0, 0.1) is 13.8 Å². The SMILES string of the molecule is CCc1c(C)nn(-c2ncc(CNC(C)C)cc2Cl)c1C. The highest BCUT2D eigenvalue weighted by molar-refractivity contribution is 6.32. The number of aryl methyl sites for hydroxylation is 1. The fourth-order valence-electron chi connectivity index (χ4n) is 2.44. The highest BCUT2D eigenvalue weighted by atomic mass is 35.5. The Morgan fingerprint density at radius 3 is 2.57 bits per heavy atom. The van der Waals surface area contributed by atoms with Crippen LogP contribution in [-0.2, 0) is 13.0 Å². The number of halogens is 1. The molecule has 0 fully saturated rings. The lowest BCUT2D eigenvalue weighted by atomic mass is 10.1. The van der Waals surface area contributed by atoms with Gasteiger partial charge >= 0.3 is 0 Å². The quantitative estimate of drug-likeness (QED) is 0.918. The van der Waals surface area contributed by atoms with E-state index in [-0.39, 0.29) is 0 Å². The molecule has 2 aromatic rings. The van der Waals surface area contributed by atoms with Gasteiger partial charge in [-0.25, -0.2) is 9.67 Å². The smallest absolute Gasteiger partial charge is 0.172 e. The topological polar surface area (TPSA) is 42.7 Å². The Hall–Kier alpha value is -1.39. The number of hydrogen-bond donors (Lipinski definition) is 1. The van der Waals surface area contributed by atoms with Crippen molar-refractivity contribution < 1.29 is 0 Å². The molecule has 0 saturated carbocycles. The van der Waals surface area contributed by atoms with Crippen LogP contribution in [0.3, 0.4) is 0 Å². The Balaban J connectivity index is 2.33. The summed E-state index contributed by atoms with van der Waals surface area (Å²) in [4.78, 5) is 4.50. The van der Waals surface area contributed by atoms with Gasteiger partial charge in [-0.1, -0.05) is 32.4 Å². The molecular weight excluding hydrogens is 284 g/mol. The molecule has 2 heterocycles. The molecule has 21 heavy (non-hydrogen) atoms. The monoisotopic (exact) mass is 306 g/mol. The van der Waals surface area contributed by atoms with Crippen LogP contribution in [0.5, 0.6) is 0 Å². The first-order valence-electron chi connectivity index (χ1n) is 7.37. The van der Waals surface area contributed by atoms with E-state index in [4.69, 9.17) is 11.6 Å². The molecule has 5 heteroatoms. The number of rotatable bonds is 5. The second kappa shape index (κ2) is 6.58. The Kier molecular flexibility index (Phi) is 5.01. The molecule has 0 atom stereocenters. The molecule has 2 aromatic heterocycles. The number of aromatic nitrogens is 3. The molecule has 0 aliphatic rings. The van der Waals surface area contributed by atoms with E-state index >= 15 is 0 Å². The molecule has 1 N–H and O–H groups in total. The van der Waals surface area contributed by atoms with Crippen molar-refractivity contribution in [1.82, 2.24) is 20.1 Å². The predicted molar refractivity (Wildman–Crippen MR) is 87.2 cm³/mol. The molecule has 2 rings (SSSR count). The lowest BCUT2D eigenvalue weighted by Gasteiger charge is -2.10. The molecule has 0 bridgehead atoms. The summed E-state index contributed by atoms with van der Waals surface area (Å²) in [6, 6.07) is 2.40. The lowest BCUT2D eigenvalue weighted by Crippen LogP contribution is -2.22. The predicted octanol–water partition coefficient (Wildman–Crippen LogP) is 3.60. The largest absolute Gasteiger partial charge is 0.310 e. The van der Waals surface area contributed by atoms with Gasteiger partial charge in [-0.15, -0.1) is 0 Å². The van der Waals surface area contributed by atoms with Crippen LogP contribution in [0.25, 0.3) is 5.82 Å². The van der Waals surface area contributed by atoms with Crippen LogP contribution in [-0.4, -0.2) is 20.8 Å². The second-order valence-electron chi connectivity index (χ2n) is 5.60. The van der Waals surface area contributed by atoms with Crippen LogP contribution < -0.4 is 5.32 Å². The fourth-order valence-corrected chi connectivity index (χ4v) is 2.71. The van der Waals surface area contributed by atoms with Gasteiger partial charge in [0, 0.05) is 24.5 Å². The molecule has 0 aliphatic carbocycles. The average molecular weight is 307 g/mol. The Morgan fingerprint density at radius 1 is 1.33 bits per heavy atom. The Morgan fingerprint density at radius 2 is 2.05 bits per heavy atom. The van der Waals surface area contributed by atoms with Gasteiger partial charge in [-0.05, 0) is 37.5 Å². The summed E-state index contributed by atoms with van der Waals surface area (Å²) in [7, 11) is 0. The standard InChI is InChI=1S/C16H23ClN4/c1-6-14-11(4)20-21(12(14)5)16-15(17)7-13(9-19-16)8-18-10(2)3/h7,9-10,18H,6,8H2,1-5H3. The zero-order valence-corrected chi connectivity index (χ0v) is 14.1. The summed E-state index contributed by atoms with van der Waals surface area (Å²) in [5.41, 5.74) is 4.49. The summed E-state index contributed by atoms with van der Waals surface area (Å²) in [5.74, 6) is 0.699. The summed E-state index contributed by atoms with van der Waals surface area (Å²) >= 11 is 6.40. The summed E-state index contributed by atoms with van der Waals surface area (Å²) in [5, 5.41) is 8.56. The van der Waals surface area contributed by atoms with E-state index in [0.29, 0.717) is 16.9 Å². The van der Waals surface area contributed by atoms with Crippen LogP contribution in [0.15, 0.2) is 12.3 Å². The minimum absolute atomic E-state index is 0.437. The van der Waals surface area contributed by atoms with Gasteiger partial charge in [-0.3, -0.25) is 0 Å². The summed E-state index contributed by atoms with van der Waals surface area (Å²) in [6.07, 6.45) is 2.82. The summed E-state index contributed by atoms with van der Waals surface area (Å²) in [6.45, 7) is 11.2. The molecular formula is C16H23ClN4. The van der Waals surface area contributed by atoms with Crippen LogP contribution in [0.1, 0.15) is 43.3 Å². The van der Waals surface area contributed by atoms with Gasteiger partial charge < -0.3 is 5.32 Å². The van der Waals surface area contributed by atoms with E-state index in [0.717, 1.165) is 29.9 Å². The van der Waals surface area contributed by atoms with Crippen LogP contribution in [0.2, 0.25) is 5.02 Å². The number of pyridine rings is 1. The molecule has 0 amide bonds. The van der Waals surface area contributed by atoms with Crippen LogP contribution in [0.4, 0.5) is 0 Å². The maximum Gasteiger partial charge on any atom is 0.172 e. The molecule has 0 saturated heterocycles. The van der Waals surface area contributed by atoms with E-state index in [1.807, 2.05) is 23.9 Å². The Bertz CT molecular complexity index is 631. The van der Waals surface area contributed by atoms with Gasteiger partial charge in [0.1, 0.15) is 0 Å². The van der Waals surface area contributed by atoms with Crippen molar-refractivity contribution in [3.05, 3.63) is 39.8 Å². The van der Waals surface area contributed by atoms with Crippen molar-refractivity contribution in [3.63, 3.8) is 0 Å². The van der Waals surface area contributed by atoms with Gasteiger partial charge in [0.25, 0.3) is 0 Å². The summed E-state index contributed by atoms with van der Waals surface area (Å²) < 4.78 is 1.84. The van der Waals surface area contributed by atoms with Gasteiger partial charge in [0.2, 0.25) is 0 Å². The molecule has 0 radical (unpaired) electrons. The van der Waals surface area contributed by atoms with Gasteiger partial charge in [0.15, 0.2) is 5.82 Å². The van der Waals surface area contributed by atoms with Gasteiger partial charge in [0.05, 0.1) is 10.7 Å². The van der Waals surface area contributed by atoms with E-state index in [9.17, 15) is 0 Å². The molecule has 4 nitrogen and oxygen atoms in total. The first-order chi connectivity index (χ1) is 9.93. The van der Waals surface area contributed by atoms with E-state index in [1.54, 1.807) is 0 Å². The highest BCUT2D eigenvalue weighted by Gasteiger charge is 2.14. The van der Waals surface area contributed by atoms with E-state index < -0.39 is 0 Å². The van der Waals surface area contributed by atoms with Crippen molar-refractivity contribution in [2.45, 2.75) is 53.6 Å². The maximum atomic E-state index is 6.40. The second-order valence-corrected chi connectivity index (χ2v) is 6.01. The van der Waals surface area contributed by atoms with Crippen molar-refractivity contribution in [1.29, 1.82) is 0 Å². The Labute approximate surface area is 131 Å². The van der Waals surface area contributed by atoms with E-state index in [1.165, 1.54) is 5.56 Å². The molecule has 114 valence electrons. The third-order valence-electron chi connectivity index (χ3n) is 3.59. The number of nitrogens with zero attached hydrogens (tertiary/aromatic N) is 3. The molecule has 0 aliphatic heterocycles. The third kappa shape index (κ3) is 3.44. The number of hydrogen-bond acceptors (Lipinski definition) is 3. The average Bonchev–Trinajstić information content (AvgIpc) is 2.71. The lowest BCUT2D eigenvalue weighted by molar-refractivity contribution is 0.587. The minimum atomic E-state index is 0.437. The molecule has 0 aromatic carbocycles. The molecule has 0 unspecified atom stereocenters. The third-order valence-corrected chi connectivity index (χ3v) is 3.87. The zero-order chi connectivity index (χ0) is 15.6. The van der Waals surface area contributed by atoms with E-state index in [2.05, 4.69) is 43.1 Å². The van der Waals surface area contributed by atoms with Crippen molar-refractivity contribution >= 4 is 11.6 Å². The normalized spacial score (nSPS) is 11.4. The van der Waals surface area contributed by atoms with Crippen molar-refractivity contribution in [2.24, 2.45) is 0 Å². The molecule has 0 spiro atoms. The minimum Gasteiger partial charge on any atom is -0.310 e. The van der Waals surface area contributed by atoms with Crippen LogP contribution >= 0.6 is 11.6 Å². The first kappa shape index (κ1) is 16.0. The first-order valence-corrected chi connectivity index (χ1v) is 7.75. The van der Waals surface area contributed by atoms with Crippen molar-refractivity contribution in [3.8, 4) is 5.82 Å². The van der Waals surface area contributed by atoms with Gasteiger partial charge in [-0.2, -0.15) is 5.10 Å². The number of nitrogens with one attached hydrogen (secondary N) is 1. The maximum absolute atomic E-state index is 6.40.